The van der Waals surface area contributed by atoms with E-state index in [0.717, 1.165) is 41.8 Å². The van der Waals surface area contributed by atoms with Crippen LogP contribution in [0.2, 0.25) is 0 Å². The molecular weight excluding hydrogens is 484 g/mol. The van der Waals surface area contributed by atoms with Crippen LogP contribution in [0.4, 0.5) is 0 Å². The average molecular weight is 519 g/mol. The van der Waals surface area contributed by atoms with Gasteiger partial charge in [0.15, 0.2) is 0 Å². The lowest BCUT2D eigenvalue weighted by atomic mass is 9.88. The number of aromatic amines is 1. The molecule has 1 saturated heterocycles. The van der Waals surface area contributed by atoms with Crippen LogP contribution >= 0.6 is 0 Å². The molecule has 6 nitrogen and oxygen atoms in total. The number of fused-ring (bicyclic) bond motifs is 1. The number of H-pyrrole nitrogens is 1. The van der Waals surface area contributed by atoms with Crippen molar-refractivity contribution in [1.29, 1.82) is 0 Å². The number of hydrogen-bond acceptors (Lipinski definition) is 4. The Morgan fingerprint density at radius 1 is 1.03 bits per heavy atom. The first kappa shape index (κ1) is 24.2. The third kappa shape index (κ3) is 4.74. The molecule has 2 aromatic heterocycles. The quantitative estimate of drug-likeness (QED) is 0.273. The van der Waals surface area contributed by atoms with Crippen LogP contribution in [-0.2, 0) is 0 Å². The summed E-state index contributed by atoms with van der Waals surface area (Å²) in [5.74, 6) is 1.32. The molecule has 3 heterocycles. The number of carbonyl (C=O) groups is 1. The minimum atomic E-state index is -0.503. The van der Waals surface area contributed by atoms with Crippen molar-refractivity contribution in [2.24, 2.45) is 5.73 Å². The van der Waals surface area contributed by atoms with E-state index in [9.17, 15) is 4.79 Å². The van der Waals surface area contributed by atoms with Gasteiger partial charge in [-0.2, -0.15) is 0 Å². The second-order valence-corrected chi connectivity index (χ2v) is 11.2. The fourth-order valence-electron chi connectivity index (χ4n) is 6.64. The van der Waals surface area contributed by atoms with Crippen molar-refractivity contribution < 1.29 is 9.53 Å². The first-order chi connectivity index (χ1) is 19.1. The molecule has 198 valence electrons. The smallest absolute Gasteiger partial charge is 0.252 e. The number of nitrogens with one attached hydrogen (secondary N) is 1. The van der Waals surface area contributed by atoms with Gasteiger partial charge in [0.1, 0.15) is 17.1 Å². The van der Waals surface area contributed by atoms with E-state index in [1.165, 1.54) is 37.8 Å². The van der Waals surface area contributed by atoms with Gasteiger partial charge in [0.2, 0.25) is 0 Å². The van der Waals surface area contributed by atoms with Crippen molar-refractivity contribution in [2.75, 3.05) is 6.54 Å². The lowest BCUT2D eigenvalue weighted by Crippen LogP contribution is -2.36. The number of pyridine rings is 1. The Kier molecular flexibility index (Phi) is 6.20. The summed E-state index contributed by atoms with van der Waals surface area (Å²) in [5.41, 5.74) is 12.4. The van der Waals surface area contributed by atoms with Crippen LogP contribution in [0.5, 0.6) is 11.5 Å². The number of carbonyl (C=O) groups excluding carboxylic acids is 1. The highest BCUT2D eigenvalue weighted by molar-refractivity contribution is 5.96. The summed E-state index contributed by atoms with van der Waals surface area (Å²) in [7, 11) is 0. The largest absolute Gasteiger partial charge is 0.455 e. The number of aromatic nitrogens is 2. The summed E-state index contributed by atoms with van der Waals surface area (Å²) in [6.07, 6.45) is 14.3. The molecule has 7 rings (SSSR count). The van der Waals surface area contributed by atoms with Crippen molar-refractivity contribution in [3.8, 4) is 11.5 Å². The zero-order valence-corrected chi connectivity index (χ0v) is 22.1. The molecule has 2 atom stereocenters. The minimum Gasteiger partial charge on any atom is -0.455 e. The van der Waals surface area contributed by atoms with Gasteiger partial charge < -0.3 is 15.5 Å². The zero-order valence-electron chi connectivity index (χ0n) is 22.1. The van der Waals surface area contributed by atoms with Crippen molar-refractivity contribution >= 4 is 22.5 Å². The Labute approximate surface area is 228 Å². The molecule has 4 aromatic rings. The standard InChI is InChI=1S/C33H34N4O2/c34-32(38)29-14-11-23(19-31(29)39-26-18-24-15-16-35-33(24)36-20-26)21-9-12-25(13-10-21)37-17-3-6-30(37)28-5-2-1-4-27(28)22-7-8-22/h1-2,4-5,9,11,14-16,18-20,22,25,30H,3,6-8,10,12-13,17H2,(H2,34,38)(H,35,36)/t25?,30-/m0/s1. The first-order valence-corrected chi connectivity index (χ1v) is 14.2. The van der Waals surface area contributed by atoms with Gasteiger partial charge in [-0.1, -0.05) is 36.4 Å². The number of benzene rings is 2. The molecule has 6 heteroatoms. The molecule has 0 radical (unpaired) electrons. The van der Waals surface area contributed by atoms with Crippen LogP contribution in [0.3, 0.4) is 0 Å². The van der Waals surface area contributed by atoms with Gasteiger partial charge in [-0.25, -0.2) is 4.98 Å². The lowest BCUT2D eigenvalue weighted by Gasteiger charge is -2.36. The molecule has 2 aliphatic carbocycles. The fraction of sp³-hybridized carbons (Fsp3) is 0.333. The fourth-order valence-corrected chi connectivity index (χ4v) is 6.64. The lowest BCUT2D eigenvalue weighted by molar-refractivity contribution is 0.0998. The Balaban J connectivity index is 1.11. The first-order valence-electron chi connectivity index (χ1n) is 14.2. The van der Waals surface area contributed by atoms with Crippen LogP contribution in [0, 0.1) is 0 Å². The molecule has 3 N–H and O–H groups in total. The highest BCUT2D eigenvalue weighted by Gasteiger charge is 2.36. The van der Waals surface area contributed by atoms with Crippen LogP contribution in [-0.4, -0.2) is 33.4 Å². The molecule has 1 aliphatic heterocycles. The summed E-state index contributed by atoms with van der Waals surface area (Å²) in [6, 6.07) is 19.9. The van der Waals surface area contributed by atoms with Gasteiger partial charge in [-0.3, -0.25) is 9.69 Å². The van der Waals surface area contributed by atoms with Crippen molar-refractivity contribution in [2.45, 2.75) is 62.9 Å². The van der Waals surface area contributed by atoms with E-state index in [1.54, 1.807) is 23.4 Å². The number of ether oxygens (including phenoxy) is 1. The minimum absolute atomic E-state index is 0.372. The normalized spacial score (nSPS) is 21.7. The summed E-state index contributed by atoms with van der Waals surface area (Å²) in [4.78, 5) is 22.5. The number of amides is 1. The summed E-state index contributed by atoms with van der Waals surface area (Å²) < 4.78 is 6.17. The molecule has 1 amide bonds. The number of rotatable bonds is 7. The highest BCUT2D eigenvalue weighted by Crippen LogP contribution is 2.47. The van der Waals surface area contributed by atoms with Crippen LogP contribution in [0.15, 0.2) is 73.1 Å². The van der Waals surface area contributed by atoms with Crippen molar-refractivity contribution in [1.82, 2.24) is 14.9 Å². The molecule has 1 saturated carbocycles. The maximum absolute atomic E-state index is 12.2. The zero-order chi connectivity index (χ0) is 26.3. The number of nitrogens with two attached hydrogens (primary N) is 1. The van der Waals surface area contributed by atoms with Crippen LogP contribution < -0.4 is 10.5 Å². The van der Waals surface area contributed by atoms with E-state index in [2.05, 4.69) is 45.2 Å². The Hall–Kier alpha value is -3.90. The molecule has 1 unspecified atom stereocenters. The second kappa shape index (κ2) is 10.0. The molecule has 3 aliphatic rings. The average Bonchev–Trinajstić information content (AvgIpc) is 3.50. The number of allylic oxidation sites excluding steroid dienone is 1. The molecular formula is C33H34N4O2. The Morgan fingerprint density at radius 2 is 1.90 bits per heavy atom. The second-order valence-electron chi connectivity index (χ2n) is 11.2. The van der Waals surface area contributed by atoms with Crippen molar-refractivity contribution in [3.05, 3.63) is 95.3 Å². The molecule has 0 bridgehead atoms. The summed E-state index contributed by atoms with van der Waals surface area (Å²) in [6.45, 7) is 1.18. The number of primary amides is 1. The third-order valence-corrected chi connectivity index (χ3v) is 8.74. The Morgan fingerprint density at radius 3 is 2.69 bits per heavy atom. The highest BCUT2D eigenvalue weighted by atomic mass is 16.5. The van der Waals surface area contributed by atoms with Crippen LogP contribution in [0.25, 0.3) is 16.6 Å². The van der Waals surface area contributed by atoms with Gasteiger partial charge in [-0.05, 0) is 104 Å². The maximum atomic E-state index is 12.2. The van der Waals surface area contributed by atoms with Gasteiger partial charge in [0.25, 0.3) is 5.91 Å². The van der Waals surface area contributed by atoms with Gasteiger partial charge in [-0.15, -0.1) is 0 Å². The Bertz CT molecular complexity index is 1570. The van der Waals surface area contributed by atoms with Gasteiger partial charge in [0, 0.05) is 23.7 Å². The predicted molar refractivity (Wildman–Crippen MR) is 154 cm³/mol. The summed E-state index contributed by atoms with van der Waals surface area (Å²) in [5, 5.41) is 0.949. The van der Waals surface area contributed by atoms with E-state index >= 15 is 0 Å². The third-order valence-electron chi connectivity index (χ3n) is 8.74. The number of likely N-dealkylation sites (tertiary alicyclic amines) is 1. The van der Waals surface area contributed by atoms with Crippen LogP contribution in [0.1, 0.15) is 84.0 Å². The van der Waals surface area contributed by atoms with E-state index < -0.39 is 5.91 Å². The molecule has 2 fully saturated rings. The molecule has 2 aromatic carbocycles. The maximum Gasteiger partial charge on any atom is 0.252 e. The van der Waals surface area contributed by atoms with E-state index in [-0.39, 0.29) is 0 Å². The van der Waals surface area contributed by atoms with E-state index in [4.69, 9.17) is 10.5 Å². The van der Waals surface area contributed by atoms with E-state index in [0.29, 0.717) is 29.1 Å². The SMILES string of the molecule is NC(=O)c1ccc(C2=CCC(N3CCC[C@H]3c3ccccc3C3CC3)CC2)cc1Oc1cnc2[nH]ccc2c1. The monoisotopic (exact) mass is 518 g/mol. The van der Waals surface area contributed by atoms with Gasteiger partial charge >= 0.3 is 0 Å². The predicted octanol–water partition coefficient (Wildman–Crippen LogP) is 7.10. The number of nitrogens with zero attached hydrogens (tertiary/aromatic N) is 2. The number of hydrogen-bond donors (Lipinski definition) is 2. The van der Waals surface area contributed by atoms with Crippen molar-refractivity contribution in [3.63, 3.8) is 0 Å². The summed E-state index contributed by atoms with van der Waals surface area (Å²) >= 11 is 0. The topological polar surface area (TPSA) is 84.2 Å². The van der Waals surface area contributed by atoms with E-state index in [1.807, 2.05) is 30.5 Å². The molecule has 0 spiro atoms. The molecule has 39 heavy (non-hydrogen) atoms. The van der Waals surface area contributed by atoms with Gasteiger partial charge in [0.05, 0.1) is 11.8 Å².